The minimum Gasteiger partial charge on any atom is -0.341 e. The Bertz CT molecular complexity index is 642. The molecule has 3 rings (SSSR count). The van der Waals surface area contributed by atoms with Crippen molar-refractivity contribution in [2.45, 2.75) is 19.8 Å². The van der Waals surface area contributed by atoms with Gasteiger partial charge < -0.3 is 10.2 Å². The van der Waals surface area contributed by atoms with E-state index in [0.29, 0.717) is 16.0 Å². The molecular formula is C16H18Cl2N4. The summed E-state index contributed by atoms with van der Waals surface area (Å²) in [6.07, 6.45) is 4.23. The normalized spacial score (nSPS) is 18.3. The number of anilines is 3. The summed E-state index contributed by atoms with van der Waals surface area (Å²) in [4.78, 5) is 11.2. The zero-order chi connectivity index (χ0) is 15.5. The minimum absolute atomic E-state index is 0.592. The monoisotopic (exact) mass is 336 g/mol. The van der Waals surface area contributed by atoms with Gasteiger partial charge in [-0.2, -0.15) is 4.98 Å². The molecule has 2 heterocycles. The molecule has 0 saturated carbocycles. The number of nitrogens with zero attached hydrogens (tertiary/aromatic N) is 3. The molecule has 6 heteroatoms. The fraction of sp³-hybridized carbons (Fsp3) is 0.375. The molecule has 1 unspecified atom stereocenters. The van der Waals surface area contributed by atoms with E-state index >= 15 is 0 Å². The van der Waals surface area contributed by atoms with Crippen molar-refractivity contribution in [2.75, 3.05) is 23.3 Å². The van der Waals surface area contributed by atoms with Crippen LogP contribution in [0.25, 0.3) is 0 Å². The van der Waals surface area contributed by atoms with Crippen molar-refractivity contribution in [1.29, 1.82) is 0 Å². The van der Waals surface area contributed by atoms with Gasteiger partial charge in [0.1, 0.15) is 5.82 Å². The van der Waals surface area contributed by atoms with Gasteiger partial charge in [0.15, 0.2) is 0 Å². The van der Waals surface area contributed by atoms with E-state index in [2.05, 4.69) is 27.1 Å². The standard InChI is InChI=1S/C16H18Cl2N4/c1-11-3-2-6-22(10-11)16-19-5-4-15(21-16)20-14-8-12(17)7-13(18)9-14/h4-5,7-9,11H,2-3,6,10H2,1H3,(H,19,20,21). The third-order valence-electron chi connectivity index (χ3n) is 3.72. The molecule has 0 amide bonds. The highest BCUT2D eigenvalue weighted by Gasteiger charge is 2.18. The van der Waals surface area contributed by atoms with Gasteiger partial charge >= 0.3 is 0 Å². The van der Waals surface area contributed by atoms with Crippen molar-refractivity contribution < 1.29 is 0 Å². The van der Waals surface area contributed by atoms with Crippen LogP contribution in [-0.4, -0.2) is 23.1 Å². The van der Waals surface area contributed by atoms with Crippen molar-refractivity contribution in [3.8, 4) is 0 Å². The van der Waals surface area contributed by atoms with E-state index in [-0.39, 0.29) is 0 Å². The Hall–Kier alpha value is -1.52. The largest absolute Gasteiger partial charge is 0.341 e. The average Bonchev–Trinajstić information content (AvgIpc) is 2.46. The van der Waals surface area contributed by atoms with Crippen molar-refractivity contribution >= 4 is 40.7 Å². The molecule has 1 aliphatic rings. The molecule has 0 bridgehead atoms. The van der Waals surface area contributed by atoms with Crippen LogP contribution in [0.2, 0.25) is 10.0 Å². The molecule has 1 aliphatic heterocycles. The second kappa shape index (κ2) is 6.71. The molecule has 4 nitrogen and oxygen atoms in total. The Morgan fingerprint density at radius 2 is 2.00 bits per heavy atom. The lowest BCUT2D eigenvalue weighted by Gasteiger charge is -2.30. The third-order valence-corrected chi connectivity index (χ3v) is 4.15. The molecule has 0 radical (unpaired) electrons. The zero-order valence-electron chi connectivity index (χ0n) is 12.4. The van der Waals surface area contributed by atoms with Crippen LogP contribution < -0.4 is 10.2 Å². The van der Waals surface area contributed by atoms with Gasteiger partial charge in [-0.1, -0.05) is 30.1 Å². The van der Waals surface area contributed by atoms with E-state index in [1.165, 1.54) is 12.8 Å². The molecule has 1 atom stereocenters. The van der Waals surface area contributed by atoms with E-state index in [1.807, 2.05) is 18.2 Å². The zero-order valence-corrected chi connectivity index (χ0v) is 13.9. The lowest BCUT2D eigenvalue weighted by Crippen LogP contribution is -2.35. The summed E-state index contributed by atoms with van der Waals surface area (Å²) in [5.74, 6) is 2.19. The Kier molecular flexibility index (Phi) is 4.69. The van der Waals surface area contributed by atoms with Crippen LogP contribution in [-0.2, 0) is 0 Å². The van der Waals surface area contributed by atoms with Crippen LogP contribution in [0, 0.1) is 5.92 Å². The molecular weight excluding hydrogens is 319 g/mol. The SMILES string of the molecule is CC1CCCN(c2nccc(Nc3cc(Cl)cc(Cl)c3)n2)C1. The smallest absolute Gasteiger partial charge is 0.227 e. The maximum absolute atomic E-state index is 6.02. The van der Waals surface area contributed by atoms with Crippen LogP contribution >= 0.6 is 23.2 Å². The topological polar surface area (TPSA) is 41.1 Å². The molecule has 0 aliphatic carbocycles. The van der Waals surface area contributed by atoms with E-state index in [4.69, 9.17) is 23.2 Å². The minimum atomic E-state index is 0.592. The second-order valence-electron chi connectivity index (χ2n) is 5.72. The third kappa shape index (κ3) is 3.81. The van der Waals surface area contributed by atoms with Gasteiger partial charge in [0.25, 0.3) is 0 Å². The Labute approximate surface area is 140 Å². The van der Waals surface area contributed by atoms with Gasteiger partial charge in [0.2, 0.25) is 5.95 Å². The van der Waals surface area contributed by atoms with Crippen LogP contribution in [0.1, 0.15) is 19.8 Å². The second-order valence-corrected chi connectivity index (χ2v) is 6.59. The summed E-state index contributed by atoms with van der Waals surface area (Å²) < 4.78 is 0. The van der Waals surface area contributed by atoms with Crippen molar-refractivity contribution in [2.24, 2.45) is 5.92 Å². The van der Waals surface area contributed by atoms with Crippen molar-refractivity contribution in [1.82, 2.24) is 9.97 Å². The maximum Gasteiger partial charge on any atom is 0.227 e. The number of piperidine rings is 1. The van der Waals surface area contributed by atoms with E-state index in [1.54, 1.807) is 12.3 Å². The van der Waals surface area contributed by atoms with Crippen LogP contribution in [0.3, 0.4) is 0 Å². The highest BCUT2D eigenvalue weighted by Crippen LogP contribution is 2.26. The van der Waals surface area contributed by atoms with E-state index in [0.717, 1.165) is 30.5 Å². The van der Waals surface area contributed by atoms with Gasteiger partial charge in [-0.05, 0) is 43.0 Å². The molecule has 116 valence electrons. The van der Waals surface area contributed by atoms with E-state index in [9.17, 15) is 0 Å². The predicted octanol–water partition coefficient (Wildman–Crippen LogP) is 4.76. The Balaban J connectivity index is 1.78. The summed E-state index contributed by atoms with van der Waals surface area (Å²) in [5.41, 5.74) is 0.814. The van der Waals surface area contributed by atoms with Gasteiger partial charge in [-0.15, -0.1) is 0 Å². The number of nitrogens with one attached hydrogen (secondary N) is 1. The number of benzene rings is 1. The number of hydrogen-bond acceptors (Lipinski definition) is 4. The number of hydrogen-bond donors (Lipinski definition) is 1. The summed E-state index contributed by atoms with van der Waals surface area (Å²) in [5, 5.41) is 4.41. The number of halogens is 2. The maximum atomic E-state index is 6.02. The highest BCUT2D eigenvalue weighted by molar-refractivity contribution is 6.35. The number of aromatic nitrogens is 2. The fourth-order valence-electron chi connectivity index (χ4n) is 2.72. The summed E-state index contributed by atoms with van der Waals surface area (Å²) >= 11 is 12.0. The molecule has 1 aromatic carbocycles. The molecule has 1 saturated heterocycles. The van der Waals surface area contributed by atoms with Gasteiger partial charge in [0, 0.05) is 35.0 Å². The molecule has 2 aromatic rings. The van der Waals surface area contributed by atoms with Crippen molar-refractivity contribution in [3.05, 3.63) is 40.5 Å². The van der Waals surface area contributed by atoms with Crippen LogP contribution in [0.5, 0.6) is 0 Å². The first-order valence-corrected chi connectivity index (χ1v) is 8.17. The Morgan fingerprint density at radius 1 is 1.23 bits per heavy atom. The predicted molar refractivity (Wildman–Crippen MR) is 92.4 cm³/mol. The highest BCUT2D eigenvalue weighted by atomic mass is 35.5. The first-order valence-electron chi connectivity index (χ1n) is 7.41. The summed E-state index contributed by atoms with van der Waals surface area (Å²) in [6.45, 7) is 4.28. The first kappa shape index (κ1) is 15.4. The van der Waals surface area contributed by atoms with Crippen LogP contribution in [0.15, 0.2) is 30.5 Å². The quantitative estimate of drug-likeness (QED) is 0.876. The summed E-state index contributed by atoms with van der Waals surface area (Å²) in [7, 11) is 0. The first-order chi connectivity index (χ1) is 10.6. The van der Waals surface area contributed by atoms with E-state index < -0.39 is 0 Å². The molecule has 22 heavy (non-hydrogen) atoms. The lowest BCUT2D eigenvalue weighted by molar-refractivity contribution is 0.442. The molecule has 1 aromatic heterocycles. The Morgan fingerprint density at radius 3 is 2.73 bits per heavy atom. The summed E-state index contributed by atoms with van der Waals surface area (Å²) in [6, 6.07) is 7.18. The number of rotatable bonds is 3. The molecule has 1 fully saturated rings. The van der Waals surface area contributed by atoms with Crippen molar-refractivity contribution in [3.63, 3.8) is 0 Å². The van der Waals surface area contributed by atoms with Gasteiger partial charge in [-0.3, -0.25) is 0 Å². The fourth-order valence-corrected chi connectivity index (χ4v) is 3.24. The molecule has 1 N–H and O–H groups in total. The van der Waals surface area contributed by atoms with Gasteiger partial charge in [-0.25, -0.2) is 4.98 Å². The lowest BCUT2D eigenvalue weighted by atomic mass is 10.0. The van der Waals surface area contributed by atoms with Crippen LogP contribution in [0.4, 0.5) is 17.5 Å². The average molecular weight is 337 g/mol. The van der Waals surface area contributed by atoms with Gasteiger partial charge in [0.05, 0.1) is 0 Å². The molecule has 0 spiro atoms.